The summed E-state index contributed by atoms with van der Waals surface area (Å²) in [6.45, 7) is 0.416. The van der Waals surface area contributed by atoms with E-state index in [0.29, 0.717) is 35.6 Å². The monoisotopic (exact) mass is 424 g/mol. The summed E-state index contributed by atoms with van der Waals surface area (Å²) in [6.07, 6.45) is 2.79. The van der Waals surface area contributed by atoms with Crippen LogP contribution in [0.15, 0.2) is 41.4 Å². The van der Waals surface area contributed by atoms with Gasteiger partial charge in [0.15, 0.2) is 6.39 Å². The molecule has 158 valence electrons. The van der Waals surface area contributed by atoms with Gasteiger partial charge in [0.2, 0.25) is 5.76 Å². The second-order valence-corrected chi connectivity index (χ2v) is 7.92. The number of hydrogen-bond acceptors (Lipinski definition) is 5. The molecule has 5 heterocycles. The molecule has 1 N–H and O–H groups in total. The third-order valence-corrected chi connectivity index (χ3v) is 5.98. The first-order valence-electron chi connectivity index (χ1n) is 10.1. The van der Waals surface area contributed by atoms with Crippen molar-refractivity contribution < 1.29 is 18.0 Å². The molecule has 2 aliphatic rings. The Kier molecular flexibility index (Phi) is 3.95. The van der Waals surface area contributed by atoms with Gasteiger partial charge in [-0.15, -0.1) is 0 Å². The Balaban J connectivity index is 1.47. The molecule has 4 aromatic rings. The molecule has 0 aromatic carbocycles. The van der Waals surface area contributed by atoms with Crippen LogP contribution in [0.4, 0.5) is 8.78 Å². The van der Waals surface area contributed by atoms with Gasteiger partial charge in [-0.25, -0.2) is 23.3 Å². The van der Waals surface area contributed by atoms with Crippen molar-refractivity contribution in [1.29, 1.82) is 0 Å². The van der Waals surface area contributed by atoms with Crippen molar-refractivity contribution in [1.82, 2.24) is 29.5 Å². The molecule has 1 saturated carbocycles. The molecule has 0 unspecified atom stereocenters. The van der Waals surface area contributed by atoms with Crippen LogP contribution in [-0.4, -0.2) is 41.9 Å². The molecule has 6 rings (SSSR count). The minimum atomic E-state index is -2.67. The maximum Gasteiger partial charge on any atom is 0.292 e. The third-order valence-electron chi connectivity index (χ3n) is 5.98. The fraction of sp³-hybridized carbons (Fsp3) is 0.333. The van der Waals surface area contributed by atoms with E-state index < -0.39 is 12.5 Å². The summed E-state index contributed by atoms with van der Waals surface area (Å²) < 4.78 is 33.7. The second-order valence-electron chi connectivity index (χ2n) is 7.92. The Morgan fingerprint density at radius 3 is 2.90 bits per heavy atom. The Hall–Kier alpha value is -3.56. The number of H-pyrrole nitrogens is 1. The highest BCUT2D eigenvalue weighted by Gasteiger charge is 2.40. The first kappa shape index (κ1) is 18.2. The van der Waals surface area contributed by atoms with Crippen molar-refractivity contribution >= 4 is 11.4 Å². The molecular formula is C21H18F2N6O2. The Morgan fingerprint density at radius 2 is 2.10 bits per heavy atom. The van der Waals surface area contributed by atoms with Crippen LogP contribution in [0, 0.1) is 0 Å². The smallest absolute Gasteiger partial charge is 0.292 e. The molecule has 4 aromatic heterocycles. The van der Waals surface area contributed by atoms with Crippen LogP contribution in [-0.2, 0) is 6.42 Å². The van der Waals surface area contributed by atoms with E-state index >= 15 is 0 Å². The van der Waals surface area contributed by atoms with Crippen molar-refractivity contribution in [2.24, 2.45) is 0 Å². The number of carbonyl (C=O) groups is 1. The average molecular weight is 424 g/mol. The van der Waals surface area contributed by atoms with Crippen molar-refractivity contribution in [2.45, 2.75) is 37.6 Å². The van der Waals surface area contributed by atoms with Crippen LogP contribution >= 0.6 is 0 Å². The number of halogens is 2. The lowest BCUT2D eigenvalue weighted by atomic mass is 9.99. The fourth-order valence-electron chi connectivity index (χ4n) is 4.34. The van der Waals surface area contributed by atoms with Gasteiger partial charge in [0.1, 0.15) is 11.7 Å². The van der Waals surface area contributed by atoms with Crippen molar-refractivity contribution in [3.63, 3.8) is 0 Å². The maximum absolute atomic E-state index is 13.5. The number of nitrogens with zero attached hydrogens (tertiary/aromatic N) is 5. The number of alkyl halides is 2. The zero-order valence-electron chi connectivity index (χ0n) is 16.3. The SMILES string of the molecule is O=C(c1ocnc1C1CC1)N1CCc2[nH]cnc2[C@H]1c1cc2cccc(C(F)F)n2n1. The van der Waals surface area contributed by atoms with Gasteiger partial charge in [-0.2, -0.15) is 5.10 Å². The second kappa shape index (κ2) is 6.73. The van der Waals surface area contributed by atoms with E-state index in [-0.39, 0.29) is 23.3 Å². The molecular weight excluding hydrogens is 406 g/mol. The molecule has 0 spiro atoms. The summed E-state index contributed by atoms with van der Waals surface area (Å²) in [6, 6.07) is 5.73. The number of nitrogens with one attached hydrogen (secondary N) is 1. The van der Waals surface area contributed by atoms with E-state index in [9.17, 15) is 13.6 Å². The molecule has 1 atom stereocenters. The van der Waals surface area contributed by atoms with E-state index in [1.54, 1.807) is 29.4 Å². The average Bonchev–Trinajstić information content (AvgIpc) is 3.19. The highest BCUT2D eigenvalue weighted by molar-refractivity contribution is 5.93. The minimum Gasteiger partial charge on any atom is -0.438 e. The van der Waals surface area contributed by atoms with Crippen LogP contribution < -0.4 is 0 Å². The number of imidazole rings is 1. The van der Waals surface area contributed by atoms with E-state index in [1.807, 2.05) is 0 Å². The number of carbonyl (C=O) groups excluding carboxylic acids is 1. The molecule has 1 aliphatic carbocycles. The lowest BCUT2D eigenvalue weighted by Gasteiger charge is -2.33. The molecule has 8 nitrogen and oxygen atoms in total. The van der Waals surface area contributed by atoms with Crippen LogP contribution in [0.1, 0.15) is 70.3 Å². The van der Waals surface area contributed by atoms with Crippen LogP contribution in [0.3, 0.4) is 0 Å². The standard InChI is InChI=1S/C21H18F2N6O2/c22-20(23)15-3-1-2-12-8-14(27-29(12)15)18-17-13(24-9-25-17)6-7-28(18)21(30)19-16(11-4-5-11)26-10-31-19/h1-3,8-11,18,20H,4-7H2,(H,24,25)/t18-/m1/s1. The largest absolute Gasteiger partial charge is 0.438 e. The molecule has 1 fully saturated rings. The number of oxazole rings is 1. The summed E-state index contributed by atoms with van der Waals surface area (Å²) in [4.78, 5) is 27.0. The third kappa shape index (κ3) is 2.85. The van der Waals surface area contributed by atoms with Gasteiger partial charge in [0, 0.05) is 24.6 Å². The quantitative estimate of drug-likeness (QED) is 0.540. The summed E-state index contributed by atoms with van der Waals surface area (Å²) in [5, 5.41) is 4.46. The first-order valence-corrected chi connectivity index (χ1v) is 10.1. The summed E-state index contributed by atoms with van der Waals surface area (Å²) in [7, 11) is 0. The van der Waals surface area contributed by atoms with Crippen LogP contribution in [0.2, 0.25) is 0 Å². The van der Waals surface area contributed by atoms with E-state index in [1.165, 1.54) is 17.0 Å². The lowest BCUT2D eigenvalue weighted by Crippen LogP contribution is -2.41. The summed E-state index contributed by atoms with van der Waals surface area (Å²) >= 11 is 0. The van der Waals surface area contributed by atoms with E-state index in [0.717, 1.165) is 18.5 Å². The van der Waals surface area contributed by atoms with Crippen molar-refractivity contribution in [3.8, 4) is 0 Å². The van der Waals surface area contributed by atoms with Gasteiger partial charge >= 0.3 is 0 Å². The van der Waals surface area contributed by atoms with Gasteiger partial charge in [-0.1, -0.05) is 6.07 Å². The van der Waals surface area contributed by atoms with E-state index in [4.69, 9.17) is 4.42 Å². The number of fused-ring (bicyclic) bond motifs is 2. The Morgan fingerprint density at radius 1 is 1.23 bits per heavy atom. The number of hydrogen-bond donors (Lipinski definition) is 1. The predicted octanol–water partition coefficient (Wildman–Crippen LogP) is 3.65. The Labute approximate surface area is 174 Å². The van der Waals surface area contributed by atoms with Crippen LogP contribution in [0.25, 0.3) is 5.52 Å². The number of amides is 1. The summed E-state index contributed by atoms with van der Waals surface area (Å²) in [5.41, 5.74) is 3.05. The zero-order chi connectivity index (χ0) is 21.1. The van der Waals surface area contributed by atoms with Gasteiger partial charge in [0.25, 0.3) is 12.3 Å². The molecule has 1 aliphatic heterocycles. The van der Waals surface area contributed by atoms with Crippen LogP contribution in [0.5, 0.6) is 0 Å². The number of aromatic amines is 1. The minimum absolute atomic E-state index is 0.203. The first-order chi connectivity index (χ1) is 15.1. The normalized spacial score (nSPS) is 18.7. The molecule has 1 amide bonds. The lowest BCUT2D eigenvalue weighted by molar-refractivity contribution is 0.0652. The molecule has 0 saturated heterocycles. The Bertz CT molecular complexity index is 1290. The number of pyridine rings is 1. The van der Waals surface area contributed by atoms with Gasteiger partial charge in [-0.05, 0) is 31.0 Å². The molecule has 0 bridgehead atoms. The highest BCUT2D eigenvalue weighted by atomic mass is 19.3. The van der Waals surface area contributed by atoms with E-state index in [2.05, 4.69) is 20.1 Å². The summed E-state index contributed by atoms with van der Waals surface area (Å²) in [5.74, 6) is 0.207. The van der Waals surface area contributed by atoms with Gasteiger partial charge in [0.05, 0.1) is 28.9 Å². The molecule has 31 heavy (non-hydrogen) atoms. The highest BCUT2D eigenvalue weighted by Crippen LogP contribution is 2.42. The number of aromatic nitrogens is 5. The zero-order valence-corrected chi connectivity index (χ0v) is 16.3. The van der Waals surface area contributed by atoms with Crippen molar-refractivity contribution in [3.05, 3.63) is 71.2 Å². The van der Waals surface area contributed by atoms with Gasteiger partial charge < -0.3 is 14.3 Å². The predicted molar refractivity (Wildman–Crippen MR) is 104 cm³/mol. The number of rotatable bonds is 4. The van der Waals surface area contributed by atoms with Crippen molar-refractivity contribution in [2.75, 3.05) is 6.54 Å². The fourth-order valence-corrected chi connectivity index (χ4v) is 4.34. The van der Waals surface area contributed by atoms with Gasteiger partial charge in [-0.3, -0.25) is 4.79 Å². The molecule has 10 heteroatoms. The molecule has 0 radical (unpaired) electrons. The maximum atomic E-state index is 13.5. The topological polar surface area (TPSA) is 92.3 Å².